The normalized spacial score (nSPS) is 18.4. The summed E-state index contributed by atoms with van der Waals surface area (Å²) in [7, 11) is 3.13. The Morgan fingerprint density at radius 3 is 2.53 bits per heavy atom. The van der Waals surface area contributed by atoms with Crippen LogP contribution in [0.5, 0.6) is 11.5 Å². The molecule has 2 aromatic carbocycles. The number of nitrogens with zero attached hydrogens (tertiary/aromatic N) is 2. The van der Waals surface area contributed by atoms with Gasteiger partial charge in [-0.25, -0.2) is 0 Å². The van der Waals surface area contributed by atoms with Gasteiger partial charge >= 0.3 is 0 Å². The molecule has 0 saturated carbocycles. The molecule has 3 aromatic rings. The largest absolute Gasteiger partial charge is 0.493 e. The highest BCUT2D eigenvalue weighted by molar-refractivity contribution is 5.99. The van der Waals surface area contributed by atoms with Crippen molar-refractivity contribution in [2.45, 2.75) is 12.5 Å². The molecule has 0 spiro atoms. The van der Waals surface area contributed by atoms with Gasteiger partial charge in [-0.2, -0.15) is 0 Å². The maximum absolute atomic E-state index is 13.6. The quantitative estimate of drug-likeness (QED) is 0.532. The molecule has 8 heteroatoms. The van der Waals surface area contributed by atoms with Crippen LogP contribution in [0.25, 0.3) is 11.0 Å². The first kappa shape index (κ1) is 22.4. The van der Waals surface area contributed by atoms with Gasteiger partial charge in [0.05, 0.1) is 44.4 Å². The first-order chi connectivity index (χ1) is 16.6. The van der Waals surface area contributed by atoms with Crippen LogP contribution in [0.3, 0.4) is 0 Å². The molecule has 1 amide bonds. The maximum Gasteiger partial charge on any atom is 0.290 e. The van der Waals surface area contributed by atoms with Crippen molar-refractivity contribution in [3.8, 4) is 11.5 Å². The van der Waals surface area contributed by atoms with Crippen LogP contribution in [0.2, 0.25) is 0 Å². The molecule has 0 aliphatic carbocycles. The van der Waals surface area contributed by atoms with E-state index in [9.17, 15) is 9.59 Å². The maximum atomic E-state index is 13.6. The fourth-order valence-corrected chi connectivity index (χ4v) is 4.94. The summed E-state index contributed by atoms with van der Waals surface area (Å²) < 4.78 is 22.6. The Bertz CT molecular complexity index is 1260. The monoisotopic (exact) mass is 464 g/mol. The Morgan fingerprint density at radius 1 is 0.971 bits per heavy atom. The van der Waals surface area contributed by atoms with Gasteiger partial charge in [0.15, 0.2) is 16.9 Å². The first-order valence-electron chi connectivity index (χ1n) is 11.5. The summed E-state index contributed by atoms with van der Waals surface area (Å²) in [6.45, 7) is 4.53. The van der Waals surface area contributed by atoms with Gasteiger partial charge in [-0.3, -0.25) is 14.5 Å². The number of hydrogen-bond acceptors (Lipinski definition) is 7. The number of methoxy groups -OCH3 is 2. The zero-order valence-corrected chi connectivity index (χ0v) is 19.4. The van der Waals surface area contributed by atoms with E-state index in [4.69, 9.17) is 18.6 Å². The van der Waals surface area contributed by atoms with Crippen LogP contribution in [0.4, 0.5) is 0 Å². The number of hydrogen-bond donors (Lipinski definition) is 0. The fraction of sp³-hybridized carbons (Fsp3) is 0.385. The van der Waals surface area contributed by atoms with Crippen molar-refractivity contribution in [2.75, 3.05) is 53.6 Å². The van der Waals surface area contributed by atoms with Crippen LogP contribution in [0, 0.1) is 0 Å². The van der Waals surface area contributed by atoms with E-state index in [1.54, 1.807) is 49.5 Å². The molecule has 34 heavy (non-hydrogen) atoms. The Kier molecular flexibility index (Phi) is 6.26. The molecular formula is C26H28N2O6. The Balaban J connectivity index is 1.59. The molecular weight excluding hydrogens is 436 g/mol. The minimum absolute atomic E-state index is 0.102. The minimum Gasteiger partial charge on any atom is -0.493 e. The van der Waals surface area contributed by atoms with Gasteiger partial charge in [-0.15, -0.1) is 0 Å². The van der Waals surface area contributed by atoms with Gasteiger partial charge in [-0.1, -0.05) is 24.3 Å². The second-order valence-electron chi connectivity index (χ2n) is 8.46. The van der Waals surface area contributed by atoms with Crippen molar-refractivity contribution in [3.05, 3.63) is 69.6 Å². The third-order valence-corrected chi connectivity index (χ3v) is 6.58. The molecule has 2 aliphatic rings. The zero-order chi connectivity index (χ0) is 23.7. The fourth-order valence-electron chi connectivity index (χ4n) is 4.94. The molecule has 3 heterocycles. The van der Waals surface area contributed by atoms with Gasteiger partial charge in [0.25, 0.3) is 5.91 Å². The molecule has 5 rings (SSSR count). The van der Waals surface area contributed by atoms with E-state index in [2.05, 4.69) is 4.90 Å². The van der Waals surface area contributed by atoms with Crippen molar-refractivity contribution in [1.82, 2.24) is 9.80 Å². The summed E-state index contributed by atoms with van der Waals surface area (Å²) in [4.78, 5) is 31.3. The van der Waals surface area contributed by atoms with E-state index >= 15 is 0 Å². The number of rotatable bonds is 7. The number of fused-ring (bicyclic) bond motifs is 2. The zero-order valence-electron chi connectivity index (χ0n) is 19.4. The van der Waals surface area contributed by atoms with E-state index in [-0.39, 0.29) is 17.1 Å². The number of ether oxygens (including phenoxy) is 3. The Hall–Kier alpha value is -3.36. The highest BCUT2D eigenvalue weighted by Gasteiger charge is 2.44. The van der Waals surface area contributed by atoms with Gasteiger partial charge < -0.3 is 23.5 Å². The summed E-state index contributed by atoms with van der Waals surface area (Å²) in [5, 5.41) is 0.455. The van der Waals surface area contributed by atoms with E-state index < -0.39 is 6.04 Å². The molecule has 1 aromatic heterocycles. The highest BCUT2D eigenvalue weighted by atomic mass is 16.5. The van der Waals surface area contributed by atoms with E-state index in [0.717, 1.165) is 39.3 Å². The minimum atomic E-state index is -0.627. The number of benzene rings is 2. The standard InChI is InChI=1S/C26H28N2O6/c1-31-20-10-5-8-18(24(20)32-2)22-21-23(29)17-7-3-4-9-19(17)34-25(21)26(30)28(22)12-6-11-27-13-15-33-16-14-27/h3-5,7-10,22H,6,11-16H2,1-2H3. The average molecular weight is 465 g/mol. The molecule has 0 radical (unpaired) electrons. The molecule has 8 nitrogen and oxygen atoms in total. The van der Waals surface area contributed by atoms with Gasteiger partial charge in [0.1, 0.15) is 5.58 Å². The molecule has 1 saturated heterocycles. The molecule has 0 bridgehead atoms. The lowest BCUT2D eigenvalue weighted by molar-refractivity contribution is 0.0353. The first-order valence-corrected chi connectivity index (χ1v) is 11.5. The molecule has 1 atom stereocenters. The average Bonchev–Trinajstić information content (AvgIpc) is 3.15. The molecule has 178 valence electrons. The molecule has 2 aliphatic heterocycles. The summed E-state index contributed by atoms with van der Waals surface area (Å²) >= 11 is 0. The second-order valence-corrected chi connectivity index (χ2v) is 8.46. The van der Waals surface area contributed by atoms with Crippen LogP contribution in [0.1, 0.15) is 34.1 Å². The SMILES string of the molecule is COc1cccc(C2c3c(oc4ccccc4c3=O)C(=O)N2CCCN2CCOCC2)c1OC. The van der Waals surface area contributed by atoms with Crippen LogP contribution in [-0.4, -0.2) is 69.3 Å². The molecule has 0 N–H and O–H groups in total. The predicted octanol–water partition coefficient (Wildman–Crippen LogP) is 3.08. The summed E-state index contributed by atoms with van der Waals surface area (Å²) in [6.07, 6.45) is 0.760. The van der Waals surface area contributed by atoms with Gasteiger partial charge in [0.2, 0.25) is 5.76 Å². The third kappa shape index (κ3) is 3.82. The number of amides is 1. The number of para-hydroxylation sites is 2. The predicted molar refractivity (Wildman–Crippen MR) is 127 cm³/mol. The Labute approximate surface area is 197 Å². The van der Waals surface area contributed by atoms with E-state index in [1.807, 2.05) is 12.1 Å². The van der Waals surface area contributed by atoms with E-state index in [0.29, 0.717) is 40.1 Å². The van der Waals surface area contributed by atoms with Crippen molar-refractivity contribution < 1.29 is 23.4 Å². The Morgan fingerprint density at radius 2 is 1.76 bits per heavy atom. The lowest BCUT2D eigenvalue weighted by Crippen LogP contribution is -2.39. The lowest BCUT2D eigenvalue weighted by atomic mass is 9.97. The van der Waals surface area contributed by atoms with Crippen molar-refractivity contribution in [1.29, 1.82) is 0 Å². The van der Waals surface area contributed by atoms with Crippen molar-refractivity contribution in [2.24, 2.45) is 0 Å². The number of morpholine rings is 1. The number of carbonyl (C=O) groups excluding carboxylic acids is 1. The van der Waals surface area contributed by atoms with Crippen LogP contribution < -0.4 is 14.9 Å². The highest BCUT2D eigenvalue weighted by Crippen LogP contribution is 2.44. The molecule has 1 unspecified atom stereocenters. The van der Waals surface area contributed by atoms with Crippen molar-refractivity contribution in [3.63, 3.8) is 0 Å². The summed E-state index contributed by atoms with van der Waals surface area (Å²) in [5.74, 6) is 0.861. The second kappa shape index (κ2) is 9.48. The van der Waals surface area contributed by atoms with E-state index in [1.165, 1.54) is 0 Å². The lowest BCUT2D eigenvalue weighted by Gasteiger charge is -2.29. The summed E-state index contributed by atoms with van der Waals surface area (Å²) in [5.41, 5.74) is 1.26. The van der Waals surface area contributed by atoms with Crippen LogP contribution >= 0.6 is 0 Å². The van der Waals surface area contributed by atoms with Gasteiger partial charge in [0, 0.05) is 31.7 Å². The summed E-state index contributed by atoms with van der Waals surface area (Å²) in [6, 6.07) is 11.9. The van der Waals surface area contributed by atoms with Crippen molar-refractivity contribution >= 4 is 16.9 Å². The third-order valence-electron chi connectivity index (χ3n) is 6.58. The smallest absolute Gasteiger partial charge is 0.290 e. The number of carbonyl (C=O) groups is 1. The molecule has 1 fully saturated rings. The van der Waals surface area contributed by atoms with Crippen LogP contribution in [0.15, 0.2) is 51.7 Å². The topological polar surface area (TPSA) is 81.5 Å². The van der Waals surface area contributed by atoms with Crippen LogP contribution in [-0.2, 0) is 4.74 Å². The van der Waals surface area contributed by atoms with Gasteiger partial charge in [-0.05, 0) is 24.6 Å².